The molecule has 0 saturated carbocycles. The number of aliphatic hydroxyl groups is 1. The third kappa shape index (κ3) is 3.70. The average Bonchev–Trinajstić information content (AvgIpc) is 3.38. The zero-order valence-electron chi connectivity index (χ0n) is 15.8. The number of hydrogen-bond acceptors (Lipinski definition) is 4. The fraction of sp³-hybridized carbons (Fsp3) is 0.381. The fourth-order valence-corrected chi connectivity index (χ4v) is 5.30. The van der Waals surface area contributed by atoms with Gasteiger partial charge in [-0.15, -0.1) is 0 Å². The molecular weight excluding hydrogens is 374 g/mol. The van der Waals surface area contributed by atoms with E-state index in [1.54, 1.807) is 22.6 Å². The number of H-pyrrole nitrogens is 1. The molecule has 6 nitrogen and oxygen atoms in total. The second kappa shape index (κ2) is 8.03. The van der Waals surface area contributed by atoms with Crippen LogP contribution in [-0.2, 0) is 16.4 Å². The van der Waals surface area contributed by atoms with Crippen molar-refractivity contribution in [1.82, 2.24) is 14.3 Å². The topological polar surface area (TPSA) is 86.3 Å². The normalized spacial score (nSPS) is 15.5. The van der Waals surface area contributed by atoms with Crippen LogP contribution in [0.25, 0.3) is 22.2 Å². The van der Waals surface area contributed by atoms with Crippen molar-refractivity contribution in [2.45, 2.75) is 37.0 Å². The molecule has 3 heterocycles. The number of rotatable bonds is 7. The maximum Gasteiger partial charge on any atom is 0.243 e. The summed E-state index contributed by atoms with van der Waals surface area (Å²) in [4.78, 5) is 8.11. The molecule has 0 radical (unpaired) electrons. The van der Waals surface area contributed by atoms with E-state index < -0.39 is 10.0 Å². The Bertz CT molecular complexity index is 1050. The van der Waals surface area contributed by atoms with Crippen LogP contribution in [0.2, 0.25) is 0 Å². The van der Waals surface area contributed by atoms with Crippen molar-refractivity contribution in [2.75, 3.05) is 19.7 Å². The number of benzene rings is 1. The number of hydrogen-bond donors (Lipinski definition) is 2. The molecular formula is C21H25N3O3S. The molecule has 1 aromatic carbocycles. The zero-order valence-corrected chi connectivity index (χ0v) is 16.6. The summed E-state index contributed by atoms with van der Waals surface area (Å²) < 4.78 is 27.0. The van der Waals surface area contributed by atoms with E-state index in [1.807, 2.05) is 18.2 Å². The highest BCUT2D eigenvalue weighted by molar-refractivity contribution is 7.89. The molecule has 2 aromatic heterocycles. The summed E-state index contributed by atoms with van der Waals surface area (Å²) in [6, 6.07) is 11.2. The first kappa shape index (κ1) is 19.1. The number of unbranched alkanes of at least 4 members (excludes halogenated alkanes) is 1. The summed E-state index contributed by atoms with van der Waals surface area (Å²) in [5, 5.41) is 9.98. The molecule has 148 valence electrons. The zero-order chi connectivity index (χ0) is 19.6. The smallest absolute Gasteiger partial charge is 0.243 e. The Morgan fingerprint density at radius 2 is 1.82 bits per heavy atom. The first-order chi connectivity index (χ1) is 13.6. The van der Waals surface area contributed by atoms with Crippen molar-refractivity contribution in [3.63, 3.8) is 0 Å². The van der Waals surface area contributed by atoms with E-state index in [-0.39, 0.29) is 6.61 Å². The van der Waals surface area contributed by atoms with Gasteiger partial charge in [0.25, 0.3) is 0 Å². The number of sulfonamides is 1. The molecule has 1 saturated heterocycles. The average molecular weight is 400 g/mol. The molecule has 3 aromatic rings. The van der Waals surface area contributed by atoms with Gasteiger partial charge < -0.3 is 10.1 Å². The number of nitrogens with zero attached hydrogens (tertiary/aromatic N) is 2. The van der Waals surface area contributed by atoms with Gasteiger partial charge in [0, 0.05) is 37.0 Å². The van der Waals surface area contributed by atoms with Crippen LogP contribution in [0.15, 0.2) is 47.5 Å². The van der Waals surface area contributed by atoms with Gasteiger partial charge in [0.2, 0.25) is 10.0 Å². The quantitative estimate of drug-likeness (QED) is 0.597. The minimum absolute atomic E-state index is 0.205. The third-order valence-corrected chi connectivity index (χ3v) is 7.22. The second-order valence-electron chi connectivity index (χ2n) is 7.23. The Kier molecular flexibility index (Phi) is 5.48. The SMILES string of the molecule is O=S(=O)(c1ccc(-c2ccnc3[nH]c(CCCCO)cc23)cc1)N1CCCC1. The molecule has 0 bridgehead atoms. The Balaban J connectivity index is 1.63. The molecule has 0 unspecified atom stereocenters. The van der Waals surface area contributed by atoms with Crippen LogP contribution >= 0.6 is 0 Å². The van der Waals surface area contributed by atoms with E-state index in [4.69, 9.17) is 5.11 Å². The molecule has 1 fully saturated rings. The lowest BCUT2D eigenvalue weighted by molar-refractivity contribution is 0.284. The molecule has 2 N–H and O–H groups in total. The van der Waals surface area contributed by atoms with E-state index in [0.717, 1.165) is 60.0 Å². The predicted molar refractivity (Wildman–Crippen MR) is 110 cm³/mol. The lowest BCUT2D eigenvalue weighted by Crippen LogP contribution is -2.27. The van der Waals surface area contributed by atoms with Crippen molar-refractivity contribution in [3.05, 3.63) is 48.3 Å². The summed E-state index contributed by atoms with van der Waals surface area (Å²) in [5.74, 6) is 0. The van der Waals surface area contributed by atoms with Crippen molar-refractivity contribution in [2.24, 2.45) is 0 Å². The molecule has 28 heavy (non-hydrogen) atoms. The van der Waals surface area contributed by atoms with Gasteiger partial charge in [0.1, 0.15) is 5.65 Å². The van der Waals surface area contributed by atoms with Crippen LogP contribution in [0, 0.1) is 0 Å². The number of aromatic nitrogens is 2. The first-order valence-electron chi connectivity index (χ1n) is 9.77. The number of fused-ring (bicyclic) bond motifs is 1. The molecule has 0 aliphatic carbocycles. The van der Waals surface area contributed by atoms with Gasteiger partial charge in [-0.1, -0.05) is 12.1 Å². The summed E-state index contributed by atoms with van der Waals surface area (Å²) in [6.45, 7) is 1.42. The third-order valence-electron chi connectivity index (χ3n) is 5.31. The van der Waals surface area contributed by atoms with Crippen LogP contribution < -0.4 is 0 Å². The van der Waals surface area contributed by atoms with E-state index in [1.165, 1.54) is 0 Å². The minimum Gasteiger partial charge on any atom is -0.396 e. The summed E-state index contributed by atoms with van der Waals surface area (Å²) in [7, 11) is -3.39. The van der Waals surface area contributed by atoms with Crippen molar-refractivity contribution in [3.8, 4) is 11.1 Å². The minimum atomic E-state index is -3.39. The molecule has 7 heteroatoms. The maximum atomic E-state index is 12.7. The van der Waals surface area contributed by atoms with Crippen molar-refractivity contribution >= 4 is 21.1 Å². The Hall–Kier alpha value is -2.22. The first-order valence-corrected chi connectivity index (χ1v) is 11.2. The molecule has 4 rings (SSSR count). The van der Waals surface area contributed by atoms with Crippen LogP contribution in [-0.4, -0.2) is 47.5 Å². The number of aliphatic hydroxyl groups excluding tert-OH is 1. The van der Waals surface area contributed by atoms with Crippen LogP contribution in [0.1, 0.15) is 31.4 Å². The Morgan fingerprint density at radius 3 is 2.54 bits per heavy atom. The number of pyridine rings is 1. The highest BCUT2D eigenvalue weighted by Crippen LogP contribution is 2.30. The summed E-state index contributed by atoms with van der Waals surface area (Å²) >= 11 is 0. The number of aromatic amines is 1. The monoisotopic (exact) mass is 399 g/mol. The van der Waals surface area contributed by atoms with E-state index >= 15 is 0 Å². The van der Waals surface area contributed by atoms with Gasteiger partial charge in [-0.2, -0.15) is 4.31 Å². The lowest BCUT2D eigenvalue weighted by atomic mass is 10.0. The van der Waals surface area contributed by atoms with Crippen LogP contribution in [0.3, 0.4) is 0 Å². The highest BCUT2D eigenvalue weighted by atomic mass is 32.2. The van der Waals surface area contributed by atoms with E-state index in [9.17, 15) is 8.42 Å². The summed E-state index contributed by atoms with van der Waals surface area (Å²) in [6.07, 6.45) is 6.19. The Labute approximate surface area is 165 Å². The molecule has 0 spiro atoms. The van der Waals surface area contributed by atoms with Gasteiger partial charge in [-0.3, -0.25) is 0 Å². The van der Waals surface area contributed by atoms with Crippen LogP contribution in [0.4, 0.5) is 0 Å². The molecule has 1 aliphatic rings. The van der Waals surface area contributed by atoms with Crippen molar-refractivity contribution in [1.29, 1.82) is 0 Å². The highest BCUT2D eigenvalue weighted by Gasteiger charge is 2.27. The largest absolute Gasteiger partial charge is 0.396 e. The van der Waals surface area contributed by atoms with Gasteiger partial charge >= 0.3 is 0 Å². The fourth-order valence-electron chi connectivity index (χ4n) is 3.78. The van der Waals surface area contributed by atoms with Crippen LogP contribution in [0.5, 0.6) is 0 Å². The van der Waals surface area contributed by atoms with Gasteiger partial charge in [-0.25, -0.2) is 13.4 Å². The van der Waals surface area contributed by atoms with E-state index in [2.05, 4.69) is 16.0 Å². The lowest BCUT2D eigenvalue weighted by Gasteiger charge is -2.15. The maximum absolute atomic E-state index is 12.7. The molecule has 1 aliphatic heterocycles. The predicted octanol–water partition coefficient (Wildman–Crippen LogP) is 3.33. The van der Waals surface area contributed by atoms with Crippen molar-refractivity contribution < 1.29 is 13.5 Å². The molecule has 0 atom stereocenters. The van der Waals surface area contributed by atoms with E-state index in [0.29, 0.717) is 18.0 Å². The van der Waals surface area contributed by atoms with Gasteiger partial charge in [0.05, 0.1) is 4.90 Å². The molecule has 0 amide bonds. The number of aryl methyl sites for hydroxylation is 1. The van der Waals surface area contributed by atoms with Gasteiger partial charge in [0.15, 0.2) is 0 Å². The Morgan fingerprint density at radius 1 is 1.07 bits per heavy atom. The second-order valence-corrected chi connectivity index (χ2v) is 9.17. The standard InChI is InChI=1S/C21H25N3O3S/c25-14-4-1-5-17-15-20-19(10-11-22-21(20)23-17)16-6-8-18(9-7-16)28(26,27)24-12-2-3-13-24/h6-11,15,25H,1-5,12-14H2,(H,22,23). The summed E-state index contributed by atoms with van der Waals surface area (Å²) in [5.41, 5.74) is 3.91. The van der Waals surface area contributed by atoms with Gasteiger partial charge in [-0.05, 0) is 67.5 Å². The number of nitrogens with one attached hydrogen (secondary N) is 1.